The molecule has 1 aromatic carbocycles. The van der Waals surface area contributed by atoms with Crippen LogP contribution >= 0.6 is 0 Å². The Labute approximate surface area is 124 Å². The van der Waals surface area contributed by atoms with Gasteiger partial charge in [0.05, 0.1) is 11.8 Å². The van der Waals surface area contributed by atoms with Crippen molar-refractivity contribution in [2.45, 2.75) is 40.0 Å². The third kappa shape index (κ3) is 3.68. The second-order valence-electron chi connectivity index (χ2n) is 5.16. The van der Waals surface area contributed by atoms with Gasteiger partial charge in [0.1, 0.15) is 5.82 Å². The Morgan fingerprint density at radius 2 is 1.95 bits per heavy atom. The van der Waals surface area contributed by atoms with Crippen molar-refractivity contribution in [3.63, 3.8) is 0 Å². The maximum absolute atomic E-state index is 12.8. The van der Waals surface area contributed by atoms with Crippen molar-refractivity contribution in [3.8, 4) is 0 Å². The molecule has 5 heteroatoms. The molecule has 0 spiro atoms. The van der Waals surface area contributed by atoms with Crippen LogP contribution in [-0.4, -0.2) is 21.4 Å². The number of hydrogen-bond acceptors (Lipinski definition) is 3. The number of benzene rings is 1. The van der Waals surface area contributed by atoms with Gasteiger partial charge in [0, 0.05) is 30.9 Å². The van der Waals surface area contributed by atoms with Crippen LogP contribution in [-0.2, 0) is 13.1 Å². The molecule has 0 saturated carbocycles. The molecular weight excluding hydrogens is 269 g/mol. The number of aliphatic hydroxyl groups is 1. The molecule has 114 valence electrons. The molecule has 2 rings (SSSR count). The maximum Gasteiger partial charge on any atom is 0.123 e. The van der Waals surface area contributed by atoms with E-state index in [1.165, 1.54) is 17.7 Å². The molecule has 21 heavy (non-hydrogen) atoms. The second kappa shape index (κ2) is 6.83. The van der Waals surface area contributed by atoms with Gasteiger partial charge in [-0.1, -0.05) is 12.1 Å². The summed E-state index contributed by atoms with van der Waals surface area (Å²) in [5.41, 5.74) is 4.04. The second-order valence-corrected chi connectivity index (χ2v) is 5.16. The summed E-state index contributed by atoms with van der Waals surface area (Å²) in [6.45, 7) is 8.04. The highest BCUT2D eigenvalue weighted by Gasteiger charge is 2.12. The number of hydrogen-bond donors (Lipinski definition) is 2. The standard InChI is InChI=1S/C16H22FN3O/c1-4-20-12(3)15(11(2)19-20)9-18-10-16(21)13-5-7-14(17)8-6-13/h5-8,16,18,21H,4,9-10H2,1-3H3. The molecule has 0 aliphatic carbocycles. The summed E-state index contributed by atoms with van der Waals surface area (Å²) in [5.74, 6) is -0.294. The number of aliphatic hydroxyl groups excluding tert-OH is 1. The lowest BCUT2D eigenvalue weighted by atomic mass is 10.1. The predicted molar refractivity (Wildman–Crippen MR) is 80.4 cm³/mol. The van der Waals surface area contributed by atoms with Crippen molar-refractivity contribution in [1.82, 2.24) is 15.1 Å². The molecule has 1 aromatic heterocycles. The Bertz CT molecular complexity index is 592. The van der Waals surface area contributed by atoms with E-state index in [0.717, 1.165) is 17.9 Å². The fourth-order valence-corrected chi connectivity index (χ4v) is 2.43. The zero-order valence-electron chi connectivity index (χ0n) is 12.7. The SMILES string of the molecule is CCn1nc(C)c(CNCC(O)c2ccc(F)cc2)c1C. The van der Waals surface area contributed by atoms with Gasteiger partial charge in [0.25, 0.3) is 0 Å². The van der Waals surface area contributed by atoms with Gasteiger partial charge in [0.15, 0.2) is 0 Å². The molecule has 2 aromatic rings. The Morgan fingerprint density at radius 3 is 2.52 bits per heavy atom. The average Bonchev–Trinajstić information content (AvgIpc) is 2.75. The quantitative estimate of drug-likeness (QED) is 0.859. The van der Waals surface area contributed by atoms with Gasteiger partial charge in [-0.05, 0) is 38.5 Å². The van der Waals surface area contributed by atoms with E-state index in [1.54, 1.807) is 12.1 Å². The van der Waals surface area contributed by atoms with Crippen LogP contribution in [0.25, 0.3) is 0 Å². The first kappa shape index (κ1) is 15.7. The third-order valence-electron chi connectivity index (χ3n) is 3.73. The molecule has 0 fully saturated rings. The molecule has 0 aliphatic rings. The summed E-state index contributed by atoms with van der Waals surface area (Å²) < 4.78 is 14.8. The van der Waals surface area contributed by atoms with Crippen LogP contribution in [0.1, 0.15) is 35.5 Å². The molecule has 1 heterocycles. The average molecular weight is 291 g/mol. The number of nitrogens with zero attached hydrogens (tertiary/aromatic N) is 2. The third-order valence-corrected chi connectivity index (χ3v) is 3.73. The smallest absolute Gasteiger partial charge is 0.123 e. The Hall–Kier alpha value is -1.72. The van der Waals surface area contributed by atoms with Crippen molar-refractivity contribution in [1.29, 1.82) is 0 Å². The van der Waals surface area contributed by atoms with E-state index < -0.39 is 6.10 Å². The van der Waals surface area contributed by atoms with E-state index in [0.29, 0.717) is 18.7 Å². The highest BCUT2D eigenvalue weighted by atomic mass is 19.1. The van der Waals surface area contributed by atoms with Crippen LogP contribution in [0, 0.1) is 19.7 Å². The van der Waals surface area contributed by atoms with Gasteiger partial charge in [-0.15, -0.1) is 0 Å². The summed E-state index contributed by atoms with van der Waals surface area (Å²) in [6, 6.07) is 5.93. The fraction of sp³-hybridized carbons (Fsp3) is 0.438. The van der Waals surface area contributed by atoms with Crippen molar-refractivity contribution in [2.24, 2.45) is 0 Å². The minimum Gasteiger partial charge on any atom is -0.387 e. The van der Waals surface area contributed by atoms with Crippen molar-refractivity contribution >= 4 is 0 Å². The lowest BCUT2D eigenvalue weighted by Gasteiger charge is -2.12. The van der Waals surface area contributed by atoms with Gasteiger partial charge in [-0.3, -0.25) is 4.68 Å². The van der Waals surface area contributed by atoms with Gasteiger partial charge in [-0.2, -0.15) is 5.10 Å². The van der Waals surface area contributed by atoms with E-state index in [9.17, 15) is 9.50 Å². The van der Waals surface area contributed by atoms with Crippen LogP contribution in [0.15, 0.2) is 24.3 Å². The minimum absolute atomic E-state index is 0.294. The first-order valence-corrected chi connectivity index (χ1v) is 7.20. The molecular formula is C16H22FN3O. The monoisotopic (exact) mass is 291 g/mol. The number of aromatic nitrogens is 2. The van der Waals surface area contributed by atoms with Gasteiger partial charge < -0.3 is 10.4 Å². The zero-order valence-corrected chi connectivity index (χ0v) is 12.7. The number of rotatable bonds is 6. The molecule has 1 unspecified atom stereocenters. The van der Waals surface area contributed by atoms with Gasteiger partial charge in [0.2, 0.25) is 0 Å². The maximum atomic E-state index is 12.8. The molecule has 1 atom stereocenters. The molecule has 0 amide bonds. The summed E-state index contributed by atoms with van der Waals surface area (Å²) in [4.78, 5) is 0. The minimum atomic E-state index is -0.646. The molecule has 2 N–H and O–H groups in total. The Kier molecular flexibility index (Phi) is 5.09. The number of aryl methyl sites for hydroxylation is 2. The van der Waals surface area contributed by atoms with Gasteiger partial charge in [-0.25, -0.2) is 4.39 Å². The molecule has 0 saturated heterocycles. The zero-order chi connectivity index (χ0) is 15.4. The first-order valence-electron chi connectivity index (χ1n) is 7.20. The Morgan fingerprint density at radius 1 is 1.29 bits per heavy atom. The number of nitrogens with one attached hydrogen (secondary N) is 1. The first-order chi connectivity index (χ1) is 10.0. The summed E-state index contributed by atoms with van der Waals surface area (Å²) >= 11 is 0. The van der Waals surface area contributed by atoms with E-state index in [2.05, 4.69) is 24.3 Å². The largest absolute Gasteiger partial charge is 0.387 e. The van der Waals surface area contributed by atoms with E-state index in [1.807, 2.05) is 11.6 Å². The van der Waals surface area contributed by atoms with Crippen molar-refractivity contribution in [3.05, 3.63) is 52.6 Å². The van der Waals surface area contributed by atoms with Crippen LogP contribution in [0.2, 0.25) is 0 Å². The van der Waals surface area contributed by atoms with Crippen LogP contribution in [0.4, 0.5) is 4.39 Å². The van der Waals surface area contributed by atoms with Crippen molar-refractivity contribution in [2.75, 3.05) is 6.54 Å². The highest BCUT2D eigenvalue weighted by Crippen LogP contribution is 2.15. The lowest BCUT2D eigenvalue weighted by Crippen LogP contribution is -2.21. The Balaban J connectivity index is 1.92. The summed E-state index contributed by atoms with van der Waals surface area (Å²) in [5, 5.41) is 17.8. The molecule has 0 radical (unpaired) electrons. The van der Waals surface area contributed by atoms with E-state index in [-0.39, 0.29) is 5.82 Å². The molecule has 0 aliphatic heterocycles. The van der Waals surface area contributed by atoms with Crippen molar-refractivity contribution < 1.29 is 9.50 Å². The van der Waals surface area contributed by atoms with Crippen LogP contribution < -0.4 is 5.32 Å². The lowest BCUT2D eigenvalue weighted by molar-refractivity contribution is 0.174. The fourth-order valence-electron chi connectivity index (χ4n) is 2.43. The van der Waals surface area contributed by atoms with Gasteiger partial charge >= 0.3 is 0 Å². The van der Waals surface area contributed by atoms with E-state index in [4.69, 9.17) is 0 Å². The summed E-state index contributed by atoms with van der Waals surface area (Å²) in [6.07, 6.45) is -0.646. The topological polar surface area (TPSA) is 50.1 Å². The normalized spacial score (nSPS) is 12.6. The van der Waals surface area contributed by atoms with E-state index >= 15 is 0 Å². The number of halogens is 1. The molecule has 0 bridgehead atoms. The molecule has 4 nitrogen and oxygen atoms in total. The van der Waals surface area contributed by atoms with Crippen LogP contribution in [0.5, 0.6) is 0 Å². The van der Waals surface area contributed by atoms with Crippen LogP contribution in [0.3, 0.4) is 0 Å². The highest BCUT2D eigenvalue weighted by molar-refractivity contribution is 5.24. The predicted octanol–water partition coefficient (Wildman–Crippen LogP) is 2.48. The summed E-state index contributed by atoms with van der Waals surface area (Å²) in [7, 11) is 0.